The normalized spacial score (nSPS) is 11.9. The van der Waals surface area contributed by atoms with Crippen molar-refractivity contribution in [3.8, 4) is 5.69 Å². The molecule has 4 rings (SSSR count). The van der Waals surface area contributed by atoms with E-state index in [2.05, 4.69) is 5.32 Å². The lowest BCUT2D eigenvalue weighted by Gasteiger charge is -2.31. The maximum atomic E-state index is 13.9. The number of hydrogen-bond donors (Lipinski definition) is 1. The number of carbonyl (C=O) groups excluding carboxylic acids is 1. The third-order valence-corrected chi connectivity index (χ3v) is 6.63. The number of likely N-dealkylation sites (N-methyl/N-ethyl adjacent to an activating group) is 1. The van der Waals surface area contributed by atoms with Crippen LogP contribution in [0.4, 0.5) is 16.2 Å². The van der Waals surface area contributed by atoms with Crippen LogP contribution in [0.1, 0.15) is 31.3 Å². The summed E-state index contributed by atoms with van der Waals surface area (Å²) in [6.45, 7) is 4.81. The Morgan fingerprint density at radius 1 is 1.03 bits per heavy atom. The number of nitrogens with one attached hydrogen (secondary N) is 1. The summed E-state index contributed by atoms with van der Waals surface area (Å²) in [4.78, 5) is 46.6. The first-order chi connectivity index (χ1) is 18.7. The number of nitrogens with zero attached hydrogens (tertiary/aromatic N) is 5. The molecule has 202 valence electrons. The van der Waals surface area contributed by atoms with E-state index in [1.165, 1.54) is 24.3 Å². The first-order valence-corrected chi connectivity index (χ1v) is 12.8. The van der Waals surface area contributed by atoms with Gasteiger partial charge in [0.05, 0.1) is 27.6 Å². The van der Waals surface area contributed by atoms with Crippen molar-refractivity contribution >= 4 is 28.3 Å². The molecule has 1 aromatic heterocycles. The number of anilines is 1. The van der Waals surface area contributed by atoms with Crippen LogP contribution in [0.25, 0.3) is 16.6 Å². The molecule has 0 aliphatic carbocycles. The topological polar surface area (TPSA) is 114 Å². The second-order valence-electron chi connectivity index (χ2n) is 9.52. The minimum absolute atomic E-state index is 0.0650. The number of aryl methyl sites for hydroxylation is 1. The molecule has 39 heavy (non-hydrogen) atoms. The number of benzene rings is 3. The van der Waals surface area contributed by atoms with Gasteiger partial charge >= 0.3 is 6.03 Å². The summed E-state index contributed by atoms with van der Waals surface area (Å²) in [6.07, 6.45) is 0.717. The third-order valence-electron chi connectivity index (χ3n) is 6.63. The van der Waals surface area contributed by atoms with Gasteiger partial charge in [-0.15, -0.1) is 0 Å². The maximum absolute atomic E-state index is 13.9. The lowest BCUT2D eigenvalue weighted by Crippen LogP contribution is -2.43. The van der Waals surface area contributed by atoms with Gasteiger partial charge < -0.3 is 15.1 Å². The van der Waals surface area contributed by atoms with E-state index < -0.39 is 17.0 Å². The smallest absolute Gasteiger partial charge is 0.313 e. The Morgan fingerprint density at radius 2 is 1.69 bits per heavy atom. The molecule has 1 unspecified atom stereocenters. The van der Waals surface area contributed by atoms with Crippen molar-refractivity contribution < 1.29 is 9.72 Å². The average Bonchev–Trinajstić information content (AvgIpc) is 2.93. The minimum atomic E-state index is -0.592. The van der Waals surface area contributed by atoms with Crippen LogP contribution in [0.2, 0.25) is 0 Å². The number of rotatable bonds is 9. The lowest BCUT2D eigenvalue weighted by atomic mass is 10.1. The number of nitro benzene ring substituents is 1. The molecule has 4 aromatic rings. The highest BCUT2D eigenvalue weighted by molar-refractivity contribution is 5.89. The Hall–Kier alpha value is -4.57. The first kappa shape index (κ1) is 27.5. The third kappa shape index (κ3) is 5.96. The minimum Gasteiger partial charge on any atom is -0.313 e. The van der Waals surface area contributed by atoms with Crippen LogP contribution in [0.3, 0.4) is 0 Å². The molecular weight excluding hydrogens is 496 g/mol. The highest BCUT2D eigenvalue weighted by Crippen LogP contribution is 2.26. The monoisotopic (exact) mass is 528 g/mol. The molecule has 0 bridgehead atoms. The van der Waals surface area contributed by atoms with Crippen molar-refractivity contribution in [3.63, 3.8) is 0 Å². The molecular formula is C29H32N6O4. The number of carbonyl (C=O) groups is 1. The van der Waals surface area contributed by atoms with Gasteiger partial charge in [0.2, 0.25) is 0 Å². The largest absolute Gasteiger partial charge is 0.322 e. The Kier molecular flexibility index (Phi) is 8.36. The van der Waals surface area contributed by atoms with Crippen molar-refractivity contribution in [2.24, 2.45) is 0 Å². The Labute approximate surface area is 226 Å². The SMILES string of the molecule is CCc1ccccc1-n1c(C(C)N(CCN(C)C)C(=O)Nc2ccc([N+](=O)[O-])cc2)nc2ccccc2c1=O. The van der Waals surface area contributed by atoms with Gasteiger partial charge in [-0.05, 0) is 63.3 Å². The number of amides is 2. The second kappa shape index (κ2) is 11.9. The zero-order valence-corrected chi connectivity index (χ0v) is 22.5. The van der Waals surface area contributed by atoms with Crippen LogP contribution in [0.5, 0.6) is 0 Å². The number of non-ortho nitro benzene ring substituents is 1. The summed E-state index contributed by atoms with van der Waals surface area (Å²) in [7, 11) is 3.83. The van der Waals surface area contributed by atoms with Crippen LogP contribution >= 0.6 is 0 Å². The van der Waals surface area contributed by atoms with Crippen LogP contribution in [-0.4, -0.2) is 57.5 Å². The summed E-state index contributed by atoms with van der Waals surface area (Å²) in [5.74, 6) is 0.442. The number of fused-ring (bicyclic) bond motifs is 1. The predicted molar refractivity (Wildman–Crippen MR) is 153 cm³/mol. The van der Waals surface area contributed by atoms with Gasteiger partial charge in [-0.25, -0.2) is 9.78 Å². The van der Waals surface area contributed by atoms with Gasteiger partial charge in [-0.3, -0.25) is 19.5 Å². The predicted octanol–water partition coefficient (Wildman–Crippen LogP) is 5.01. The van der Waals surface area contributed by atoms with Crippen molar-refractivity contribution in [2.75, 3.05) is 32.5 Å². The van der Waals surface area contributed by atoms with E-state index in [9.17, 15) is 19.7 Å². The number of urea groups is 1. The van der Waals surface area contributed by atoms with Crippen molar-refractivity contribution in [3.05, 3.63) is 105 Å². The number of aromatic nitrogens is 2. The highest BCUT2D eigenvalue weighted by atomic mass is 16.6. The van der Waals surface area contributed by atoms with Crippen molar-refractivity contribution in [1.29, 1.82) is 0 Å². The number of para-hydroxylation sites is 2. The molecule has 2 amide bonds. The van der Waals surface area contributed by atoms with E-state index in [1.54, 1.807) is 21.6 Å². The van der Waals surface area contributed by atoms with Crippen molar-refractivity contribution in [1.82, 2.24) is 19.4 Å². The molecule has 1 heterocycles. The molecule has 0 saturated heterocycles. The second-order valence-corrected chi connectivity index (χ2v) is 9.52. The summed E-state index contributed by atoms with van der Waals surface area (Å²) < 4.78 is 1.62. The van der Waals surface area contributed by atoms with Crippen molar-refractivity contribution in [2.45, 2.75) is 26.3 Å². The quantitative estimate of drug-likeness (QED) is 0.241. The fraction of sp³-hybridized carbons (Fsp3) is 0.276. The summed E-state index contributed by atoms with van der Waals surface area (Å²) >= 11 is 0. The summed E-state index contributed by atoms with van der Waals surface area (Å²) in [6, 6.07) is 19.6. The van der Waals surface area contributed by atoms with E-state index in [0.717, 1.165) is 11.3 Å². The summed E-state index contributed by atoms with van der Waals surface area (Å²) in [5.41, 5.74) is 2.43. The molecule has 3 aromatic carbocycles. The maximum Gasteiger partial charge on any atom is 0.322 e. The van der Waals surface area contributed by atoms with Gasteiger partial charge in [-0.2, -0.15) is 0 Å². The van der Waals surface area contributed by atoms with Gasteiger partial charge in [0.1, 0.15) is 5.82 Å². The highest BCUT2D eigenvalue weighted by Gasteiger charge is 2.27. The zero-order chi connectivity index (χ0) is 28.1. The molecule has 10 nitrogen and oxygen atoms in total. The van der Waals surface area contributed by atoms with Crippen LogP contribution in [0.15, 0.2) is 77.6 Å². The molecule has 0 spiro atoms. The fourth-order valence-electron chi connectivity index (χ4n) is 4.47. The van der Waals surface area contributed by atoms with E-state index in [0.29, 0.717) is 41.9 Å². The molecule has 0 radical (unpaired) electrons. The van der Waals surface area contributed by atoms with E-state index in [-0.39, 0.29) is 11.2 Å². The van der Waals surface area contributed by atoms with E-state index in [4.69, 9.17) is 4.98 Å². The van der Waals surface area contributed by atoms with E-state index >= 15 is 0 Å². The van der Waals surface area contributed by atoms with Crippen LogP contribution < -0.4 is 10.9 Å². The fourth-order valence-corrected chi connectivity index (χ4v) is 4.47. The molecule has 10 heteroatoms. The van der Waals surface area contributed by atoms with Gasteiger partial charge in [0.15, 0.2) is 0 Å². The Morgan fingerprint density at radius 3 is 2.36 bits per heavy atom. The molecule has 1 atom stereocenters. The molecule has 0 fully saturated rings. The van der Waals surface area contributed by atoms with E-state index in [1.807, 2.05) is 69.2 Å². The van der Waals surface area contributed by atoms with Gasteiger partial charge in [0, 0.05) is 30.9 Å². The average molecular weight is 529 g/mol. The van der Waals surface area contributed by atoms with Crippen LogP contribution in [-0.2, 0) is 6.42 Å². The lowest BCUT2D eigenvalue weighted by molar-refractivity contribution is -0.384. The number of nitro groups is 1. The number of hydrogen-bond acceptors (Lipinski definition) is 6. The van der Waals surface area contributed by atoms with Gasteiger partial charge in [-0.1, -0.05) is 37.3 Å². The van der Waals surface area contributed by atoms with Gasteiger partial charge in [0.25, 0.3) is 11.2 Å². The Balaban J connectivity index is 1.82. The summed E-state index contributed by atoms with van der Waals surface area (Å²) in [5, 5.41) is 14.4. The standard InChI is InChI=1S/C29H32N6O4/c1-5-21-10-6-9-13-26(21)34-27(31-25-12-8-7-11-24(25)28(34)36)20(2)33(19-18-32(3)4)29(37)30-22-14-16-23(17-15-22)35(38)39/h6-17,20H,5,18-19H2,1-4H3,(H,30,37). The molecule has 0 aliphatic rings. The first-order valence-electron chi connectivity index (χ1n) is 12.8. The van der Waals surface area contributed by atoms with Crippen LogP contribution in [0, 0.1) is 10.1 Å². The molecule has 0 saturated carbocycles. The molecule has 1 N–H and O–H groups in total. The zero-order valence-electron chi connectivity index (χ0n) is 22.5. The Bertz CT molecular complexity index is 1550. The molecule has 0 aliphatic heterocycles.